The van der Waals surface area contributed by atoms with Crippen LogP contribution >= 0.6 is 0 Å². The molecule has 34 heavy (non-hydrogen) atoms. The van der Waals surface area contributed by atoms with Crippen molar-refractivity contribution in [3.63, 3.8) is 0 Å². The average molecular weight is 464 g/mol. The molecule has 0 spiro atoms. The van der Waals surface area contributed by atoms with Crippen molar-refractivity contribution in [1.82, 2.24) is 25.4 Å². The molecule has 0 aliphatic rings. The van der Waals surface area contributed by atoms with Crippen molar-refractivity contribution in [2.75, 3.05) is 13.1 Å². The molecule has 0 fully saturated rings. The van der Waals surface area contributed by atoms with Gasteiger partial charge in [0.15, 0.2) is 0 Å². The van der Waals surface area contributed by atoms with Crippen molar-refractivity contribution in [3.05, 3.63) is 53.6 Å². The van der Waals surface area contributed by atoms with E-state index in [-0.39, 0.29) is 5.56 Å². The first-order valence-corrected chi connectivity index (χ1v) is 11.1. The number of carboxylic acid groups (broad SMARTS) is 1. The summed E-state index contributed by atoms with van der Waals surface area (Å²) in [6.07, 6.45) is -0.420. The number of carboxylic acids is 1. The number of carbonyl (C=O) groups excluding carboxylic acids is 1. The maximum absolute atomic E-state index is 11.7. The van der Waals surface area contributed by atoms with Gasteiger partial charge < -0.3 is 25.5 Å². The number of aromatic amines is 1. The lowest BCUT2D eigenvalue weighted by Gasteiger charge is -2.19. The number of carbonyl (C=O) groups is 2. The van der Waals surface area contributed by atoms with Crippen LogP contribution in [0.25, 0.3) is 33.2 Å². The molecule has 9 nitrogen and oxygen atoms in total. The number of rotatable bonds is 7. The van der Waals surface area contributed by atoms with E-state index < -0.39 is 17.7 Å². The first-order chi connectivity index (χ1) is 16.1. The number of H-pyrrole nitrogens is 1. The van der Waals surface area contributed by atoms with Crippen LogP contribution in [0.3, 0.4) is 0 Å². The monoisotopic (exact) mass is 463 g/mol. The van der Waals surface area contributed by atoms with E-state index in [1.54, 1.807) is 22.9 Å². The van der Waals surface area contributed by atoms with Crippen LogP contribution in [-0.4, -0.2) is 50.6 Å². The second kappa shape index (κ2) is 9.18. The number of amides is 1. The minimum Gasteiger partial charge on any atom is -0.478 e. The molecule has 4 aromatic rings. The zero-order valence-electron chi connectivity index (χ0n) is 19.7. The van der Waals surface area contributed by atoms with Crippen LogP contribution in [0.15, 0.2) is 42.5 Å². The molecule has 2 heterocycles. The molecule has 0 aliphatic carbocycles. The van der Waals surface area contributed by atoms with Gasteiger partial charge in [0.2, 0.25) is 0 Å². The topological polar surface area (TPSA) is 121 Å². The van der Waals surface area contributed by atoms with Gasteiger partial charge >= 0.3 is 12.1 Å². The number of hydrogen-bond donors (Lipinski definition) is 4. The summed E-state index contributed by atoms with van der Waals surface area (Å²) in [7, 11) is 1.81. The number of ether oxygens (including phenoxy) is 1. The molecule has 2 aromatic heterocycles. The van der Waals surface area contributed by atoms with Crippen LogP contribution in [0.1, 0.15) is 36.7 Å². The summed E-state index contributed by atoms with van der Waals surface area (Å²) in [4.78, 5) is 26.4. The Morgan fingerprint density at radius 3 is 2.65 bits per heavy atom. The third-order valence-electron chi connectivity index (χ3n) is 5.34. The van der Waals surface area contributed by atoms with Crippen molar-refractivity contribution in [2.45, 2.75) is 32.9 Å². The fourth-order valence-corrected chi connectivity index (χ4v) is 3.81. The standard InChI is InChI=1S/C25H29N5O4/c1-25(2,3)34-24(33)27-10-9-26-14-15-5-8-19-17(11-15)12-20(28-19)22-18-7-6-16(23(31)32)13-21(18)30(4)29-22/h5-8,11-13,26,28H,9-10,14H2,1-4H3,(H,27,33)(H,31,32). The lowest BCUT2D eigenvalue weighted by Crippen LogP contribution is -2.36. The van der Waals surface area contributed by atoms with E-state index in [1.165, 1.54) is 0 Å². The average Bonchev–Trinajstić information content (AvgIpc) is 3.32. The SMILES string of the molecule is Cn1nc(-c2cc3cc(CNCCNC(=O)OC(C)(C)C)ccc3[nH]2)c2ccc(C(=O)O)cc21. The highest BCUT2D eigenvalue weighted by Crippen LogP contribution is 2.30. The van der Waals surface area contributed by atoms with E-state index in [0.717, 1.165) is 38.8 Å². The molecule has 0 saturated carbocycles. The Morgan fingerprint density at radius 1 is 1.12 bits per heavy atom. The van der Waals surface area contributed by atoms with Crippen LogP contribution in [0.5, 0.6) is 0 Å². The van der Waals surface area contributed by atoms with Crippen LogP contribution in [-0.2, 0) is 18.3 Å². The lowest BCUT2D eigenvalue weighted by molar-refractivity contribution is 0.0527. The molecule has 4 rings (SSSR count). The van der Waals surface area contributed by atoms with Crippen LogP contribution in [0.4, 0.5) is 4.79 Å². The molecule has 2 aromatic carbocycles. The maximum atomic E-state index is 11.7. The molecule has 4 N–H and O–H groups in total. The molecular formula is C25H29N5O4. The highest BCUT2D eigenvalue weighted by molar-refractivity contribution is 5.99. The van der Waals surface area contributed by atoms with E-state index in [9.17, 15) is 14.7 Å². The molecule has 9 heteroatoms. The number of aromatic carboxylic acids is 1. The summed E-state index contributed by atoms with van der Waals surface area (Å²) in [6, 6.07) is 13.3. The van der Waals surface area contributed by atoms with E-state index in [1.807, 2.05) is 40.0 Å². The fourth-order valence-electron chi connectivity index (χ4n) is 3.81. The van der Waals surface area contributed by atoms with E-state index >= 15 is 0 Å². The predicted molar refractivity (Wildman–Crippen MR) is 131 cm³/mol. The number of alkyl carbamates (subject to hydrolysis) is 1. The number of hydrogen-bond acceptors (Lipinski definition) is 5. The molecule has 0 bridgehead atoms. The van der Waals surface area contributed by atoms with E-state index in [0.29, 0.717) is 19.6 Å². The Hall–Kier alpha value is -3.85. The van der Waals surface area contributed by atoms with Crippen molar-refractivity contribution < 1.29 is 19.4 Å². The third kappa shape index (κ3) is 5.20. The molecule has 0 saturated heterocycles. The first kappa shape index (κ1) is 23.3. The van der Waals surface area contributed by atoms with Gasteiger partial charge in [-0.1, -0.05) is 6.07 Å². The first-order valence-electron chi connectivity index (χ1n) is 11.1. The Morgan fingerprint density at radius 2 is 1.91 bits per heavy atom. The highest BCUT2D eigenvalue weighted by Gasteiger charge is 2.16. The summed E-state index contributed by atoms with van der Waals surface area (Å²) >= 11 is 0. The highest BCUT2D eigenvalue weighted by atomic mass is 16.6. The van der Waals surface area contributed by atoms with Crippen LogP contribution < -0.4 is 10.6 Å². The molecule has 1 amide bonds. The van der Waals surface area contributed by atoms with Crippen LogP contribution in [0.2, 0.25) is 0 Å². The molecule has 0 unspecified atom stereocenters. The van der Waals surface area contributed by atoms with Gasteiger partial charge in [-0.15, -0.1) is 0 Å². The van der Waals surface area contributed by atoms with Crippen molar-refractivity contribution in [3.8, 4) is 11.4 Å². The molecular weight excluding hydrogens is 434 g/mol. The van der Waals surface area contributed by atoms with Gasteiger partial charge in [0.25, 0.3) is 0 Å². The van der Waals surface area contributed by atoms with E-state index in [2.05, 4.69) is 32.8 Å². The molecule has 0 radical (unpaired) electrons. The van der Waals surface area contributed by atoms with Gasteiger partial charge in [0.1, 0.15) is 11.3 Å². The number of benzene rings is 2. The third-order valence-corrected chi connectivity index (χ3v) is 5.34. The van der Waals surface area contributed by atoms with Crippen LogP contribution in [0, 0.1) is 0 Å². The van der Waals surface area contributed by atoms with Crippen molar-refractivity contribution >= 4 is 33.9 Å². The van der Waals surface area contributed by atoms with E-state index in [4.69, 9.17) is 4.74 Å². The normalized spacial score (nSPS) is 11.8. The summed E-state index contributed by atoms with van der Waals surface area (Å²) in [5.74, 6) is -0.961. The van der Waals surface area contributed by atoms with Gasteiger partial charge in [0.05, 0.1) is 16.8 Å². The summed E-state index contributed by atoms with van der Waals surface area (Å²) < 4.78 is 6.92. The second-order valence-corrected chi connectivity index (χ2v) is 9.22. The number of aryl methyl sites for hydroxylation is 1. The largest absolute Gasteiger partial charge is 0.478 e. The summed E-state index contributed by atoms with van der Waals surface area (Å²) in [5, 5.41) is 21.9. The minimum atomic E-state index is -0.961. The van der Waals surface area contributed by atoms with Crippen molar-refractivity contribution in [2.24, 2.45) is 7.05 Å². The number of nitrogens with one attached hydrogen (secondary N) is 3. The molecule has 178 valence electrons. The van der Waals surface area contributed by atoms with Gasteiger partial charge in [-0.25, -0.2) is 9.59 Å². The smallest absolute Gasteiger partial charge is 0.407 e. The predicted octanol–water partition coefficient (Wildman–Crippen LogP) is 4.03. The van der Waals surface area contributed by atoms with Gasteiger partial charge in [-0.3, -0.25) is 4.68 Å². The lowest BCUT2D eigenvalue weighted by atomic mass is 10.1. The van der Waals surface area contributed by atoms with Gasteiger partial charge in [-0.05, 0) is 62.7 Å². The molecule has 0 aliphatic heterocycles. The zero-order valence-corrected chi connectivity index (χ0v) is 19.7. The van der Waals surface area contributed by atoms with Gasteiger partial charge in [-0.2, -0.15) is 5.10 Å². The minimum absolute atomic E-state index is 0.233. The molecule has 0 atom stereocenters. The fraction of sp³-hybridized carbons (Fsp3) is 0.320. The quantitative estimate of drug-likeness (QED) is 0.307. The zero-order chi connectivity index (χ0) is 24.5. The Bertz CT molecular complexity index is 1360. The second-order valence-electron chi connectivity index (χ2n) is 9.22. The Balaban J connectivity index is 1.43. The summed E-state index contributed by atoms with van der Waals surface area (Å²) in [6.45, 7) is 7.25. The maximum Gasteiger partial charge on any atom is 0.407 e. The van der Waals surface area contributed by atoms with Crippen molar-refractivity contribution in [1.29, 1.82) is 0 Å². The van der Waals surface area contributed by atoms with Gasteiger partial charge in [0, 0.05) is 43.0 Å². The number of nitrogens with zero attached hydrogens (tertiary/aromatic N) is 2. The summed E-state index contributed by atoms with van der Waals surface area (Å²) in [5.41, 5.74) is 4.24. The number of fused-ring (bicyclic) bond motifs is 2. The Kier molecular flexibility index (Phi) is 6.30. The Labute approximate surface area is 197 Å². The number of aromatic nitrogens is 3.